The van der Waals surface area contributed by atoms with Crippen molar-refractivity contribution in [1.29, 1.82) is 0 Å². The first kappa shape index (κ1) is 16.4. The number of fused-ring (bicyclic) bond motifs is 1. The van der Waals surface area contributed by atoms with E-state index in [0.717, 1.165) is 25.5 Å². The van der Waals surface area contributed by atoms with Gasteiger partial charge in [0.05, 0.1) is 16.2 Å². The van der Waals surface area contributed by atoms with Crippen LogP contribution in [0.15, 0.2) is 65.8 Å². The second-order valence-electron chi connectivity index (χ2n) is 5.32. The lowest BCUT2D eigenvalue weighted by Gasteiger charge is -2.05. The molecule has 120 valence electrons. The van der Waals surface area contributed by atoms with E-state index in [0.29, 0.717) is 0 Å². The van der Waals surface area contributed by atoms with Crippen LogP contribution in [0.1, 0.15) is 11.1 Å². The molecule has 0 aliphatic rings. The number of benzene rings is 3. The largest absolute Gasteiger partial charge is 0.507 e. The Morgan fingerprint density at radius 1 is 1.12 bits per heavy atom. The van der Waals surface area contributed by atoms with E-state index in [4.69, 9.17) is 0 Å². The molecule has 0 aliphatic heterocycles. The number of nitrogens with one attached hydrogen (secondary N) is 1. The molecular weight excluding hydrogens is 415 g/mol. The van der Waals surface area contributed by atoms with E-state index in [1.54, 1.807) is 24.4 Å². The minimum atomic E-state index is -0.170. The molecule has 0 bridgehead atoms. The number of nitrogens with zero attached hydrogens (tertiary/aromatic N) is 1. The van der Waals surface area contributed by atoms with Crippen LogP contribution >= 0.6 is 22.6 Å². The van der Waals surface area contributed by atoms with Crippen molar-refractivity contribution in [2.75, 3.05) is 0 Å². The molecule has 2 N–H and O–H groups in total. The van der Waals surface area contributed by atoms with Gasteiger partial charge in [0, 0.05) is 0 Å². The van der Waals surface area contributed by atoms with E-state index in [2.05, 4.69) is 10.5 Å². The SMILES string of the molecule is O=C(Cc1cccc2ccccc12)N/N=C\c1ccc(O)c(I)c1. The highest BCUT2D eigenvalue weighted by Crippen LogP contribution is 2.20. The quantitative estimate of drug-likeness (QED) is 0.376. The van der Waals surface area contributed by atoms with Crippen LogP contribution in [0.2, 0.25) is 0 Å². The lowest BCUT2D eigenvalue weighted by molar-refractivity contribution is -0.120. The Hall–Kier alpha value is -2.41. The van der Waals surface area contributed by atoms with Crippen molar-refractivity contribution in [3.8, 4) is 5.75 Å². The molecule has 0 aromatic heterocycles. The predicted octanol–water partition coefficient (Wildman–Crippen LogP) is 3.84. The molecule has 0 unspecified atom stereocenters. The Labute approximate surface area is 153 Å². The lowest BCUT2D eigenvalue weighted by Crippen LogP contribution is -2.19. The van der Waals surface area contributed by atoms with Gasteiger partial charge in [0.15, 0.2) is 0 Å². The highest BCUT2D eigenvalue weighted by atomic mass is 127. The summed E-state index contributed by atoms with van der Waals surface area (Å²) in [6.07, 6.45) is 1.83. The average Bonchev–Trinajstić information content (AvgIpc) is 2.58. The Morgan fingerprint density at radius 2 is 1.92 bits per heavy atom. The Bertz CT molecular complexity index is 917. The standard InChI is InChI=1S/C19H15IN2O2/c20-17-10-13(8-9-18(17)23)12-21-22-19(24)11-15-6-3-5-14-4-1-2-7-16(14)15/h1-10,12,23H,11H2,(H,22,24)/b21-12-. The smallest absolute Gasteiger partial charge is 0.244 e. The summed E-state index contributed by atoms with van der Waals surface area (Å²) in [5.74, 6) is 0.0591. The zero-order valence-electron chi connectivity index (χ0n) is 12.7. The van der Waals surface area contributed by atoms with Crippen molar-refractivity contribution in [3.05, 3.63) is 75.4 Å². The van der Waals surface area contributed by atoms with E-state index in [1.165, 1.54) is 0 Å². The number of carbonyl (C=O) groups excluding carboxylic acids is 1. The van der Waals surface area contributed by atoms with Gasteiger partial charge in [-0.3, -0.25) is 4.79 Å². The number of halogens is 1. The molecule has 3 aromatic carbocycles. The highest BCUT2D eigenvalue weighted by Gasteiger charge is 2.06. The van der Waals surface area contributed by atoms with Crippen LogP contribution < -0.4 is 5.43 Å². The second kappa shape index (κ2) is 7.44. The first-order valence-corrected chi connectivity index (χ1v) is 8.48. The summed E-state index contributed by atoms with van der Waals surface area (Å²) in [6.45, 7) is 0. The van der Waals surface area contributed by atoms with Gasteiger partial charge in [-0.1, -0.05) is 42.5 Å². The molecule has 0 fully saturated rings. The van der Waals surface area contributed by atoms with Crippen molar-refractivity contribution in [1.82, 2.24) is 5.43 Å². The van der Waals surface area contributed by atoms with Crippen LogP contribution in [-0.2, 0) is 11.2 Å². The van der Waals surface area contributed by atoms with Crippen molar-refractivity contribution >= 4 is 45.5 Å². The fraction of sp³-hybridized carbons (Fsp3) is 0.0526. The maximum absolute atomic E-state index is 12.1. The molecule has 0 saturated carbocycles. The van der Waals surface area contributed by atoms with Crippen LogP contribution in [0.4, 0.5) is 0 Å². The number of hydrogen-bond acceptors (Lipinski definition) is 3. The summed E-state index contributed by atoms with van der Waals surface area (Å²) < 4.78 is 0.735. The second-order valence-corrected chi connectivity index (χ2v) is 6.48. The molecule has 0 radical (unpaired) electrons. The Balaban J connectivity index is 1.67. The van der Waals surface area contributed by atoms with Crippen molar-refractivity contribution in [3.63, 3.8) is 0 Å². The third-order valence-corrected chi connectivity index (χ3v) is 4.47. The van der Waals surface area contributed by atoms with Gasteiger partial charge in [-0.25, -0.2) is 5.43 Å². The molecular formula is C19H15IN2O2. The Morgan fingerprint density at radius 3 is 2.75 bits per heavy atom. The number of carbonyl (C=O) groups is 1. The number of hydrazone groups is 1. The summed E-state index contributed by atoms with van der Waals surface area (Å²) in [6, 6.07) is 19.0. The number of amides is 1. The van der Waals surface area contributed by atoms with Gasteiger partial charge in [0.1, 0.15) is 5.75 Å². The monoisotopic (exact) mass is 430 g/mol. The maximum atomic E-state index is 12.1. The summed E-state index contributed by atoms with van der Waals surface area (Å²) in [4.78, 5) is 12.1. The van der Waals surface area contributed by atoms with Gasteiger partial charge in [-0.15, -0.1) is 0 Å². The van der Waals surface area contributed by atoms with Gasteiger partial charge >= 0.3 is 0 Å². The normalized spacial score (nSPS) is 11.0. The fourth-order valence-corrected chi connectivity index (χ4v) is 2.98. The van der Waals surface area contributed by atoms with E-state index in [1.807, 2.05) is 65.1 Å². The first-order chi connectivity index (χ1) is 11.6. The molecule has 24 heavy (non-hydrogen) atoms. The zero-order valence-corrected chi connectivity index (χ0v) is 14.9. The van der Waals surface area contributed by atoms with Crippen molar-refractivity contribution < 1.29 is 9.90 Å². The minimum Gasteiger partial charge on any atom is -0.507 e. The molecule has 1 amide bonds. The summed E-state index contributed by atoms with van der Waals surface area (Å²) >= 11 is 2.04. The molecule has 0 atom stereocenters. The summed E-state index contributed by atoms with van der Waals surface area (Å²) in [5, 5.41) is 15.7. The lowest BCUT2D eigenvalue weighted by atomic mass is 10.0. The number of aromatic hydroxyl groups is 1. The number of phenols is 1. The zero-order chi connectivity index (χ0) is 16.9. The minimum absolute atomic E-state index is 0.170. The topological polar surface area (TPSA) is 61.7 Å². The molecule has 3 rings (SSSR count). The van der Waals surface area contributed by atoms with Gasteiger partial charge in [-0.2, -0.15) is 5.10 Å². The molecule has 3 aromatic rings. The van der Waals surface area contributed by atoms with Gasteiger partial charge in [0.25, 0.3) is 0 Å². The third kappa shape index (κ3) is 3.91. The first-order valence-electron chi connectivity index (χ1n) is 7.40. The van der Waals surface area contributed by atoms with Gasteiger partial charge in [-0.05, 0) is 62.7 Å². The van der Waals surface area contributed by atoms with Crippen LogP contribution in [0.3, 0.4) is 0 Å². The predicted molar refractivity (Wildman–Crippen MR) is 104 cm³/mol. The van der Waals surface area contributed by atoms with E-state index in [-0.39, 0.29) is 18.1 Å². The summed E-state index contributed by atoms with van der Waals surface area (Å²) in [5.41, 5.74) is 4.32. The average molecular weight is 430 g/mol. The van der Waals surface area contributed by atoms with E-state index in [9.17, 15) is 9.90 Å². The number of hydrogen-bond donors (Lipinski definition) is 2. The fourth-order valence-electron chi connectivity index (χ4n) is 2.44. The number of rotatable bonds is 4. The van der Waals surface area contributed by atoms with Crippen LogP contribution in [0.25, 0.3) is 10.8 Å². The van der Waals surface area contributed by atoms with Gasteiger partial charge < -0.3 is 5.11 Å². The molecule has 0 heterocycles. The molecule has 0 aliphatic carbocycles. The van der Waals surface area contributed by atoms with Crippen LogP contribution in [-0.4, -0.2) is 17.2 Å². The van der Waals surface area contributed by atoms with Crippen molar-refractivity contribution in [2.45, 2.75) is 6.42 Å². The molecule has 0 spiro atoms. The molecule has 4 nitrogen and oxygen atoms in total. The molecule has 5 heteroatoms. The third-order valence-electron chi connectivity index (χ3n) is 3.61. The van der Waals surface area contributed by atoms with Crippen LogP contribution in [0.5, 0.6) is 5.75 Å². The van der Waals surface area contributed by atoms with Gasteiger partial charge in [0.2, 0.25) is 5.91 Å². The maximum Gasteiger partial charge on any atom is 0.244 e. The van der Waals surface area contributed by atoms with E-state index < -0.39 is 0 Å². The van der Waals surface area contributed by atoms with Crippen LogP contribution in [0, 0.1) is 3.57 Å². The van der Waals surface area contributed by atoms with E-state index >= 15 is 0 Å². The highest BCUT2D eigenvalue weighted by molar-refractivity contribution is 14.1. The van der Waals surface area contributed by atoms with Crippen molar-refractivity contribution in [2.24, 2.45) is 5.10 Å². The Kier molecular flexibility index (Phi) is 5.10. The summed E-state index contributed by atoms with van der Waals surface area (Å²) in [7, 11) is 0. The molecule has 0 saturated heterocycles. The number of phenolic OH excluding ortho intramolecular Hbond substituents is 1.